The first-order chi connectivity index (χ1) is 14.1. The lowest BCUT2D eigenvalue weighted by Crippen LogP contribution is -2.38. The van der Waals surface area contributed by atoms with Crippen LogP contribution in [0.5, 0.6) is 11.5 Å². The Hall–Kier alpha value is -3.05. The Bertz CT molecular complexity index is 1010. The molecule has 0 aromatic heterocycles. The maximum Gasteiger partial charge on any atom is 0.234 e. The number of amides is 1. The molecule has 4 rings (SSSR count). The van der Waals surface area contributed by atoms with Gasteiger partial charge in [0.25, 0.3) is 0 Å². The van der Waals surface area contributed by atoms with E-state index in [9.17, 15) is 4.79 Å². The molecule has 3 aromatic rings. The molecule has 0 spiro atoms. The molecule has 0 saturated carbocycles. The number of fused-ring (bicyclic) bond motifs is 2. The van der Waals surface area contributed by atoms with Crippen LogP contribution in [0.4, 0.5) is 0 Å². The summed E-state index contributed by atoms with van der Waals surface area (Å²) in [5.41, 5.74) is 2.24. The smallest absolute Gasteiger partial charge is 0.234 e. The number of carbonyl (C=O) groups is 1. The fourth-order valence-electron chi connectivity index (χ4n) is 3.77. The van der Waals surface area contributed by atoms with Crippen molar-refractivity contribution in [1.82, 2.24) is 10.2 Å². The van der Waals surface area contributed by atoms with Gasteiger partial charge in [0.2, 0.25) is 12.7 Å². The van der Waals surface area contributed by atoms with E-state index in [1.807, 2.05) is 43.3 Å². The fraction of sp³-hybridized carbons (Fsp3) is 0.292. The maximum atomic E-state index is 12.7. The molecular weight excluding hydrogens is 364 g/mol. The lowest BCUT2D eigenvalue weighted by molar-refractivity contribution is -0.123. The maximum absolute atomic E-state index is 12.7. The second-order valence-electron chi connectivity index (χ2n) is 7.35. The normalized spacial score (nSPS) is 13.6. The minimum atomic E-state index is -0.0575. The minimum Gasteiger partial charge on any atom is -0.454 e. The predicted molar refractivity (Wildman–Crippen MR) is 114 cm³/mol. The summed E-state index contributed by atoms with van der Waals surface area (Å²) in [6.07, 6.45) is 0. The van der Waals surface area contributed by atoms with Crippen LogP contribution in [0.25, 0.3) is 10.8 Å². The van der Waals surface area contributed by atoms with Gasteiger partial charge in [-0.2, -0.15) is 0 Å². The Balaban J connectivity index is 1.39. The van der Waals surface area contributed by atoms with E-state index in [-0.39, 0.29) is 18.7 Å². The molecule has 0 aliphatic carbocycles. The molecular formula is C24H26N2O3. The van der Waals surface area contributed by atoms with E-state index in [4.69, 9.17) is 9.47 Å². The Labute approximate surface area is 171 Å². The molecule has 1 atom stereocenters. The second kappa shape index (κ2) is 8.53. The van der Waals surface area contributed by atoms with Gasteiger partial charge < -0.3 is 14.8 Å². The van der Waals surface area contributed by atoms with Crippen LogP contribution in [0.3, 0.4) is 0 Å². The van der Waals surface area contributed by atoms with Crippen LogP contribution in [0.15, 0.2) is 60.7 Å². The standard InChI is InChI=1S/C24H26N2O3/c1-3-26(14-18-11-12-22-23(13-18)29-16-28-22)15-24(27)25-17(2)20-10-6-8-19-7-4-5-9-21(19)20/h4-13,17H,3,14-16H2,1-2H3,(H,25,27). The van der Waals surface area contributed by atoms with Crippen LogP contribution in [-0.2, 0) is 11.3 Å². The number of nitrogens with one attached hydrogen (secondary N) is 1. The van der Waals surface area contributed by atoms with E-state index >= 15 is 0 Å². The SMILES string of the molecule is CCN(CC(=O)NC(C)c1cccc2ccccc12)Cc1ccc2c(c1)OCO2. The van der Waals surface area contributed by atoms with Crippen molar-refractivity contribution in [2.75, 3.05) is 19.9 Å². The van der Waals surface area contributed by atoms with E-state index in [2.05, 4.69) is 41.4 Å². The predicted octanol–water partition coefficient (Wildman–Crippen LogP) is 4.27. The van der Waals surface area contributed by atoms with E-state index < -0.39 is 0 Å². The molecule has 0 radical (unpaired) electrons. The fourth-order valence-corrected chi connectivity index (χ4v) is 3.77. The molecule has 5 nitrogen and oxygen atoms in total. The Morgan fingerprint density at radius 1 is 1.07 bits per heavy atom. The average molecular weight is 390 g/mol. The van der Waals surface area contributed by atoms with Crippen molar-refractivity contribution in [2.45, 2.75) is 26.4 Å². The van der Waals surface area contributed by atoms with Gasteiger partial charge in [-0.3, -0.25) is 9.69 Å². The van der Waals surface area contributed by atoms with Gasteiger partial charge in [0.1, 0.15) is 0 Å². The summed E-state index contributed by atoms with van der Waals surface area (Å²) in [4.78, 5) is 14.8. The molecule has 1 aliphatic rings. The zero-order valence-corrected chi connectivity index (χ0v) is 16.9. The van der Waals surface area contributed by atoms with E-state index in [1.165, 1.54) is 10.8 Å². The second-order valence-corrected chi connectivity index (χ2v) is 7.35. The Morgan fingerprint density at radius 3 is 2.72 bits per heavy atom. The third-order valence-electron chi connectivity index (χ3n) is 5.32. The van der Waals surface area contributed by atoms with Gasteiger partial charge in [-0.1, -0.05) is 55.5 Å². The Kier molecular flexibility index (Phi) is 5.67. The topological polar surface area (TPSA) is 50.8 Å². The summed E-state index contributed by atoms with van der Waals surface area (Å²) in [7, 11) is 0. The molecule has 150 valence electrons. The van der Waals surface area contributed by atoms with Gasteiger partial charge in [-0.05, 0) is 47.5 Å². The van der Waals surface area contributed by atoms with Crippen molar-refractivity contribution < 1.29 is 14.3 Å². The lowest BCUT2D eigenvalue weighted by Gasteiger charge is -2.22. The largest absolute Gasteiger partial charge is 0.454 e. The Morgan fingerprint density at radius 2 is 1.86 bits per heavy atom. The number of likely N-dealkylation sites (N-methyl/N-ethyl adjacent to an activating group) is 1. The van der Waals surface area contributed by atoms with Crippen molar-refractivity contribution in [3.63, 3.8) is 0 Å². The molecule has 3 aromatic carbocycles. The first-order valence-electron chi connectivity index (χ1n) is 10.0. The van der Waals surface area contributed by atoms with Crippen molar-refractivity contribution >= 4 is 16.7 Å². The summed E-state index contributed by atoms with van der Waals surface area (Å²) in [6.45, 7) is 6.18. The summed E-state index contributed by atoms with van der Waals surface area (Å²) >= 11 is 0. The highest BCUT2D eigenvalue weighted by Crippen LogP contribution is 2.32. The third kappa shape index (κ3) is 4.35. The number of rotatable bonds is 7. The molecule has 0 fully saturated rings. The van der Waals surface area contributed by atoms with Gasteiger partial charge in [0.15, 0.2) is 11.5 Å². The third-order valence-corrected chi connectivity index (χ3v) is 5.32. The number of hydrogen-bond acceptors (Lipinski definition) is 4. The number of nitrogens with zero attached hydrogens (tertiary/aromatic N) is 1. The molecule has 1 aliphatic heterocycles. The van der Waals surface area contributed by atoms with Crippen LogP contribution in [0.1, 0.15) is 31.0 Å². The number of benzene rings is 3. The van der Waals surface area contributed by atoms with Crippen LogP contribution >= 0.6 is 0 Å². The zero-order chi connectivity index (χ0) is 20.2. The van der Waals surface area contributed by atoms with Gasteiger partial charge >= 0.3 is 0 Å². The van der Waals surface area contributed by atoms with Crippen molar-refractivity contribution in [3.8, 4) is 11.5 Å². The van der Waals surface area contributed by atoms with Crippen molar-refractivity contribution in [1.29, 1.82) is 0 Å². The summed E-state index contributed by atoms with van der Waals surface area (Å²) in [5, 5.41) is 5.52. The molecule has 1 N–H and O–H groups in total. The van der Waals surface area contributed by atoms with Crippen molar-refractivity contribution in [2.24, 2.45) is 0 Å². The van der Waals surface area contributed by atoms with Crippen LogP contribution in [0.2, 0.25) is 0 Å². The van der Waals surface area contributed by atoms with E-state index in [1.54, 1.807) is 0 Å². The molecule has 1 amide bonds. The van der Waals surface area contributed by atoms with Gasteiger partial charge in [0, 0.05) is 6.54 Å². The first-order valence-corrected chi connectivity index (χ1v) is 10.0. The monoisotopic (exact) mass is 390 g/mol. The molecule has 5 heteroatoms. The number of ether oxygens (including phenoxy) is 2. The first kappa shape index (κ1) is 19.3. The highest BCUT2D eigenvalue weighted by Gasteiger charge is 2.17. The summed E-state index contributed by atoms with van der Waals surface area (Å²) in [5.74, 6) is 1.57. The van der Waals surface area contributed by atoms with Crippen LogP contribution in [-0.4, -0.2) is 30.7 Å². The highest BCUT2D eigenvalue weighted by molar-refractivity contribution is 5.87. The highest BCUT2D eigenvalue weighted by atomic mass is 16.7. The molecule has 29 heavy (non-hydrogen) atoms. The molecule has 0 saturated heterocycles. The lowest BCUT2D eigenvalue weighted by atomic mass is 10.00. The van der Waals surface area contributed by atoms with E-state index in [0.29, 0.717) is 13.1 Å². The molecule has 0 bridgehead atoms. The van der Waals surface area contributed by atoms with Gasteiger partial charge in [-0.15, -0.1) is 0 Å². The van der Waals surface area contributed by atoms with Crippen LogP contribution < -0.4 is 14.8 Å². The zero-order valence-electron chi connectivity index (χ0n) is 16.9. The minimum absolute atomic E-state index is 0.0213. The van der Waals surface area contributed by atoms with Gasteiger partial charge in [-0.25, -0.2) is 0 Å². The summed E-state index contributed by atoms with van der Waals surface area (Å²) < 4.78 is 10.8. The quantitative estimate of drug-likeness (QED) is 0.655. The number of carbonyl (C=O) groups excluding carboxylic acids is 1. The van der Waals surface area contributed by atoms with Crippen molar-refractivity contribution in [3.05, 3.63) is 71.8 Å². The van der Waals surface area contributed by atoms with Gasteiger partial charge in [0.05, 0.1) is 12.6 Å². The number of hydrogen-bond donors (Lipinski definition) is 1. The molecule has 1 heterocycles. The molecule has 1 unspecified atom stereocenters. The summed E-state index contributed by atoms with van der Waals surface area (Å²) in [6, 6.07) is 20.4. The average Bonchev–Trinajstić information content (AvgIpc) is 3.20. The van der Waals surface area contributed by atoms with Crippen LogP contribution in [0, 0.1) is 0 Å². The van der Waals surface area contributed by atoms with E-state index in [0.717, 1.165) is 29.2 Å².